The molecule has 1 N–H and O–H groups in total. The number of rotatable bonds is 7. The van der Waals surface area contributed by atoms with Crippen LogP contribution in [0.2, 0.25) is 0 Å². The molecule has 26 heavy (non-hydrogen) atoms. The minimum Gasteiger partial charge on any atom is -0.462 e. The highest BCUT2D eigenvalue weighted by atomic mass is 16.5. The van der Waals surface area contributed by atoms with Crippen molar-refractivity contribution in [2.45, 2.75) is 26.7 Å². The van der Waals surface area contributed by atoms with E-state index < -0.39 is 0 Å². The molecule has 0 saturated heterocycles. The number of benzene rings is 2. The van der Waals surface area contributed by atoms with E-state index in [2.05, 4.69) is 5.32 Å². The molecule has 0 bridgehead atoms. The Morgan fingerprint density at radius 3 is 2.50 bits per heavy atom. The Bertz CT molecular complexity index is 785. The molecule has 0 radical (unpaired) electrons. The van der Waals surface area contributed by atoms with Crippen molar-refractivity contribution in [3.05, 3.63) is 59.2 Å². The third-order valence-corrected chi connectivity index (χ3v) is 4.03. The molecule has 5 nitrogen and oxygen atoms in total. The molecule has 0 heterocycles. The van der Waals surface area contributed by atoms with Gasteiger partial charge >= 0.3 is 5.97 Å². The molecule has 0 saturated carbocycles. The molecular formula is C21H26N2O3. The SMILES string of the molecule is CCCCOC(=O)c1cccc(NC(=O)c2ccc(N(C)C)c(C)c2)c1. The third-order valence-electron chi connectivity index (χ3n) is 4.03. The van der Waals surface area contributed by atoms with Crippen LogP contribution in [0.3, 0.4) is 0 Å². The first kappa shape index (κ1) is 19.5. The first-order chi connectivity index (χ1) is 12.4. The van der Waals surface area contributed by atoms with Crippen LogP contribution in [0.15, 0.2) is 42.5 Å². The number of carbonyl (C=O) groups is 2. The van der Waals surface area contributed by atoms with E-state index in [0.29, 0.717) is 23.4 Å². The molecule has 138 valence electrons. The van der Waals surface area contributed by atoms with Crippen molar-refractivity contribution in [3.8, 4) is 0 Å². The number of ether oxygens (including phenoxy) is 1. The predicted octanol–water partition coefficient (Wildman–Crippen LogP) is 4.27. The smallest absolute Gasteiger partial charge is 0.338 e. The summed E-state index contributed by atoms with van der Waals surface area (Å²) in [5, 5.41) is 2.84. The Balaban J connectivity index is 2.08. The van der Waals surface area contributed by atoms with Gasteiger partial charge in [0, 0.05) is 31.0 Å². The van der Waals surface area contributed by atoms with Crippen molar-refractivity contribution < 1.29 is 14.3 Å². The summed E-state index contributed by atoms with van der Waals surface area (Å²) in [7, 11) is 3.93. The largest absolute Gasteiger partial charge is 0.462 e. The Hall–Kier alpha value is -2.82. The Kier molecular flexibility index (Phi) is 6.78. The number of amides is 1. The Morgan fingerprint density at radius 2 is 1.85 bits per heavy atom. The van der Waals surface area contributed by atoms with Crippen molar-refractivity contribution in [3.63, 3.8) is 0 Å². The first-order valence-electron chi connectivity index (χ1n) is 8.79. The van der Waals surface area contributed by atoms with Gasteiger partial charge in [0.05, 0.1) is 12.2 Å². The normalized spacial score (nSPS) is 10.3. The molecule has 0 aliphatic rings. The van der Waals surface area contributed by atoms with E-state index in [4.69, 9.17) is 4.74 Å². The molecule has 0 unspecified atom stereocenters. The second-order valence-corrected chi connectivity index (χ2v) is 6.42. The Morgan fingerprint density at radius 1 is 1.08 bits per heavy atom. The number of hydrogen-bond donors (Lipinski definition) is 1. The monoisotopic (exact) mass is 354 g/mol. The van der Waals surface area contributed by atoms with E-state index >= 15 is 0 Å². The summed E-state index contributed by atoms with van der Waals surface area (Å²) >= 11 is 0. The van der Waals surface area contributed by atoms with Gasteiger partial charge in [-0.25, -0.2) is 4.79 Å². The lowest BCUT2D eigenvalue weighted by Gasteiger charge is -2.16. The summed E-state index contributed by atoms with van der Waals surface area (Å²) in [5.74, 6) is -0.587. The van der Waals surface area contributed by atoms with Crippen LogP contribution in [0.25, 0.3) is 0 Å². The average Bonchev–Trinajstić information content (AvgIpc) is 2.61. The molecule has 0 fully saturated rings. The number of carbonyl (C=O) groups excluding carboxylic acids is 2. The molecule has 1 amide bonds. The summed E-state index contributed by atoms with van der Waals surface area (Å²) in [5.41, 5.74) is 3.66. The van der Waals surface area contributed by atoms with Crippen molar-refractivity contribution in [2.24, 2.45) is 0 Å². The van der Waals surface area contributed by atoms with Crippen LogP contribution in [-0.2, 0) is 4.74 Å². The van der Waals surface area contributed by atoms with Gasteiger partial charge in [-0.15, -0.1) is 0 Å². The van der Waals surface area contributed by atoms with Crippen LogP contribution in [0.1, 0.15) is 46.0 Å². The highest BCUT2D eigenvalue weighted by Crippen LogP contribution is 2.20. The van der Waals surface area contributed by atoms with Crippen LogP contribution in [0, 0.1) is 6.92 Å². The molecule has 5 heteroatoms. The zero-order valence-electron chi connectivity index (χ0n) is 15.8. The molecule has 0 atom stereocenters. The third kappa shape index (κ3) is 5.09. The van der Waals surface area contributed by atoms with Crippen LogP contribution >= 0.6 is 0 Å². The van der Waals surface area contributed by atoms with E-state index in [0.717, 1.165) is 24.1 Å². The lowest BCUT2D eigenvalue weighted by molar-refractivity contribution is 0.0499. The summed E-state index contributed by atoms with van der Waals surface area (Å²) in [6.07, 6.45) is 1.81. The average molecular weight is 354 g/mol. The van der Waals surface area contributed by atoms with Crippen LogP contribution < -0.4 is 10.2 Å². The molecule has 0 aliphatic carbocycles. The second-order valence-electron chi connectivity index (χ2n) is 6.42. The molecule has 2 aromatic carbocycles. The van der Waals surface area contributed by atoms with Crippen molar-refractivity contribution >= 4 is 23.3 Å². The van der Waals surface area contributed by atoms with Gasteiger partial charge in [0.2, 0.25) is 0 Å². The van der Waals surface area contributed by atoms with Crippen LogP contribution in [-0.4, -0.2) is 32.6 Å². The minimum atomic E-state index is -0.374. The van der Waals surface area contributed by atoms with Gasteiger partial charge in [-0.2, -0.15) is 0 Å². The molecule has 0 aliphatic heterocycles. The highest BCUT2D eigenvalue weighted by Gasteiger charge is 2.11. The summed E-state index contributed by atoms with van der Waals surface area (Å²) in [6.45, 7) is 4.42. The van der Waals surface area contributed by atoms with E-state index in [1.54, 1.807) is 30.3 Å². The zero-order chi connectivity index (χ0) is 19.1. The first-order valence-corrected chi connectivity index (χ1v) is 8.79. The fourth-order valence-corrected chi connectivity index (χ4v) is 2.62. The van der Waals surface area contributed by atoms with E-state index in [-0.39, 0.29) is 11.9 Å². The van der Waals surface area contributed by atoms with Gasteiger partial charge < -0.3 is 15.0 Å². The van der Waals surface area contributed by atoms with E-state index in [9.17, 15) is 9.59 Å². The number of aryl methyl sites for hydroxylation is 1. The van der Waals surface area contributed by atoms with Crippen LogP contribution in [0.4, 0.5) is 11.4 Å². The lowest BCUT2D eigenvalue weighted by Crippen LogP contribution is -2.15. The number of nitrogens with zero attached hydrogens (tertiary/aromatic N) is 1. The van der Waals surface area contributed by atoms with Crippen molar-refractivity contribution in [2.75, 3.05) is 30.9 Å². The topological polar surface area (TPSA) is 58.6 Å². The number of nitrogens with one attached hydrogen (secondary N) is 1. The molecule has 0 spiro atoms. The van der Waals surface area contributed by atoms with E-state index in [1.165, 1.54) is 0 Å². The fraction of sp³-hybridized carbons (Fsp3) is 0.333. The number of hydrogen-bond acceptors (Lipinski definition) is 4. The van der Waals surface area contributed by atoms with Gasteiger partial charge in [-0.3, -0.25) is 4.79 Å². The van der Waals surface area contributed by atoms with Gasteiger partial charge in [0.25, 0.3) is 5.91 Å². The van der Waals surface area contributed by atoms with Gasteiger partial charge in [-0.1, -0.05) is 19.4 Å². The molecule has 2 aromatic rings. The minimum absolute atomic E-state index is 0.213. The summed E-state index contributed by atoms with van der Waals surface area (Å²) in [4.78, 5) is 26.5. The second kappa shape index (κ2) is 9.04. The standard InChI is InChI=1S/C21H26N2O3/c1-5-6-12-26-21(25)17-8-7-9-18(14-17)22-20(24)16-10-11-19(23(3)4)15(2)13-16/h7-11,13-14H,5-6,12H2,1-4H3,(H,22,24). The molecule has 0 aromatic heterocycles. The quantitative estimate of drug-likeness (QED) is 0.596. The maximum Gasteiger partial charge on any atom is 0.338 e. The van der Waals surface area contributed by atoms with Gasteiger partial charge in [0.15, 0.2) is 0 Å². The van der Waals surface area contributed by atoms with Crippen molar-refractivity contribution in [1.82, 2.24) is 0 Å². The maximum absolute atomic E-state index is 12.5. The van der Waals surface area contributed by atoms with E-state index in [1.807, 2.05) is 45.0 Å². The molecule has 2 rings (SSSR count). The number of unbranched alkanes of at least 4 members (excludes halogenated alkanes) is 1. The maximum atomic E-state index is 12.5. The number of anilines is 2. The fourth-order valence-electron chi connectivity index (χ4n) is 2.62. The zero-order valence-corrected chi connectivity index (χ0v) is 15.8. The predicted molar refractivity (Wildman–Crippen MR) is 105 cm³/mol. The molecular weight excluding hydrogens is 328 g/mol. The summed E-state index contributed by atoms with van der Waals surface area (Å²) < 4.78 is 5.21. The highest BCUT2D eigenvalue weighted by molar-refractivity contribution is 6.05. The number of esters is 1. The summed E-state index contributed by atoms with van der Waals surface area (Å²) in [6, 6.07) is 12.4. The Labute approximate surface area is 155 Å². The lowest BCUT2D eigenvalue weighted by atomic mass is 10.1. The van der Waals surface area contributed by atoms with Gasteiger partial charge in [0.1, 0.15) is 0 Å². The van der Waals surface area contributed by atoms with Crippen molar-refractivity contribution in [1.29, 1.82) is 0 Å². The van der Waals surface area contributed by atoms with Crippen LogP contribution in [0.5, 0.6) is 0 Å². The van der Waals surface area contributed by atoms with Gasteiger partial charge in [-0.05, 0) is 55.3 Å².